The predicted molar refractivity (Wildman–Crippen MR) is 42.5 cm³/mol. The molecule has 4 heteroatoms. The van der Waals surface area contributed by atoms with Gasteiger partial charge in [-0.1, -0.05) is 0 Å². The van der Waals surface area contributed by atoms with Crippen LogP contribution in [0.1, 0.15) is 0 Å². The van der Waals surface area contributed by atoms with Crippen molar-refractivity contribution in [2.45, 2.75) is 0 Å². The van der Waals surface area contributed by atoms with Crippen LogP contribution in [0.25, 0.3) is 0 Å². The van der Waals surface area contributed by atoms with Crippen LogP contribution in [0.5, 0.6) is 0 Å². The number of aliphatic hydroxyl groups is 2. The van der Waals surface area contributed by atoms with Gasteiger partial charge in [-0.3, -0.25) is 4.90 Å². The zero-order chi connectivity index (χ0) is 8.53. The van der Waals surface area contributed by atoms with Gasteiger partial charge in [0.1, 0.15) is 0 Å². The summed E-state index contributed by atoms with van der Waals surface area (Å²) >= 11 is 0. The van der Waals surface area contributed by atoms with Crippen LogP contribution in [0.15, 0.2) is 0 Å². The van der Waals surface area contributed by atoms with E-state index in [-0.39, 0.29) is 13.2 Å². The van der Waals surface area contributed by atoms with Crippen LogP contribution >= 0.6 is 0 Å². The van der Waals surface area contributed by atoms with E-state index in [0.29, 0.717) is 19.7 Å². The molecule has 0 radical (unpaired) electrons. The first-order valence-electron chi connectivity index (χ1n) is 3.78. The van der Waals surface area contributed by atoms with Gasteiger partial charge in [-0.05, 0) is 0 Å². The Hall–Kier alpha value is -0.160. The molecule has 4 nitrogen and oxygen atoms in total. The van der Waals surface area contributed by atoms with Crippen molar-refractivity contribution in [3.63, 3.8) is 0 Å². The van der Waals surface area contributed by atoms with E-state index in [9.17, 15) is 0 Å². The summed E-state index contributed by atoms with van der Waals surface area (Å²) < 4.78 is 4.86. The molecule has 0 unspecified atom stereocenters. The summed E-state index contributed by atoms with van der Waals surface area (Å²) in [7, 11) is 1.63. The third-order valence-corrected chi connectivity index (χ3v) is 1.44. The topological polar surface area (TPSA) is 52.9 Å². The first kappa shape index (κ1) is 10.8. The maximum Gasteiger partial charge on any atom is 0.0589 e. The van der Waals surface area contributed by atoms with Gasteiger partial charge < -0.3 is 14.9 Å². The quantitative estimate of drug-likeness (QED) is 0.501. The molecule has 0 amide bonds. The molecule has 2 N–H and O–H groups in total. The van der Waals surface area contributed by atoms with E-state index in [1.54, 1.807) is 7.11 Å². The molecule has 0 aromatic rings. The van der Waals surface area contributed by atoms with E-state index in [4.69, 9.17) is 14.9 Å². The van der Waals surface area contributed by atoms with Crippen molar-refractivity contribution in [2.75, 3.05) is 46.6 Å². The predicted octanol–water partition coefficient (Wildman–Crippen LogP) is -1.08. The van der Waals surface area contributed by atoms with Crippen LogP contribution < -0.4 is 0 Å². The molecule has 0 heterocycles. The molecule has 0 spiro atoms. The summed E-state index contributed by atoms with van der Waals surface area (Å²) in [5.41, 5.74) is 0. The smallest absolute Gasteiger partial charge is 0.0589 e. The van der Waals surface area contributed by atoms with Crippen molar-refractivity contribution in [2.24, 2.45) is 0 Å². The molecule has 0 aromatic carbocycles. The highest BCUT2D eigenvalue weighted by atomic mass is 16.5. The molecular weight excluding hydrogens is 146 g/mol. The van der Waals surface area contributed by atoms with E-state index in [1.165, 1.54) is 0 Å². The molecule has 0 aromatic heterocycles. The summed E-state index contributed by atoms with van der Waals surface area (Å²) in [6, 6.07) is 0. The summed E-state index contributed by atoms with van der Waals surface area (Å²) in [6.45, 7) is 2.86. The van der Waals surface area contributed by atoms with Crippen molar-refractivity contribution in [1.82, 2.24) is 4.90 Å². The zero-order valence-electron chi connectivity index (χ0n) is 6.99. The average molecular weight is 163 g/mol. The second kappa shape index (κ2) is 7.94. The van der Waals surface area contributed by atoms with Gasteiger partial charge >= 0.3 is 0 Å². The number of ether oxygens (including phenoxy) is 1. The maximum absolute atomic E-state index is 8.60. The fourth-order valence-corrected chi connectivity index (χ4v) is 0.839. The lowest BCUT2D eigenvalue weighted by molar-refractivity contribution is 0.115. The standard InChI is InChI=1S/C7H17NO3/c1-11-7-4-8(2-5-9)3-6-10/h9-10H,2-7H2,1H3. The van der Waals surface area contributed by atoms with Crippen molar-refractivity contribution >= 4 is 0 Å². The third kappa shape index (κ3) is 6.25. The van der Waals surface area contributed by atoms with E-state index < -0.39 is 0 Å². The molecular formula is C7H17NO3. The minimum atomic E-state index is 0.129. The molecule has 11 heavy (non-hydrogen) atoms. The van der Waals surface area contributed by atoms with Gasteiger partial charge in [-0.25, -0.2) is 0 Å². The van der Waals surface area contributed by atoms with Gasteiger partial charge in [0.05, 0.1) is 19.8 Å². The Balaban J connectivity index is 3.34. The SMILES string of the molecule is COCCN(CCO)CCO. The molecule has 0 saturated heterocycles. The first-order chi connectivity index (χ1) is 5.35. The molecule has 0 aliphatic carbocycles. The van der Waals surface area contributed by atoms with Gasteiger partial charge in [0.15, 0.2) is 0 Å². The first-order valence-corrected chi connectivity index (χ1v) is 3.78. The molecule has 0 aliphatic rings. The fourth-order valence-electron chi connectivity index (χ4n) is 0.839. The van der Waals surface area contributed by atoms with Crippen molar-refractivity contribution in [3.05, 3.63) is 0 Å². The van der Waals surface area contributed by atoms with Crippen molar-refractivity contribution in [3.8, 4) is 0 Å². The van der Waals surface area contributed by atoms with Gasteiger partial charge in [-0.2, -0.15) is 0 Å². The number of hydrogen-bond donors (Lipinski definition) is 2. The average Bonchev–Trinajstić information content (AvgIpc) is 2.01. The summed E-state index contributed by atoms with van der Waals surface area (Å²) in [4.78, 5) is 1.95. The molecule has 0 fully saturated rings. The molecule has 0 rings (SSSR count). The summed E-state index contributed by atoms with van der Waals surface area (Å²) in [6.07, 6.45) is 0. The summed E-state index contributed by atoms with van der Waals surface area (Å²) in [5.74, 6) is 0. The lowest BCUT2D eigenvalue weighted by atomic mass is 10.4. The zero-order valence-corrected chi connectivity index (χ0v) is 6.99. The highest BCUT2D eigenvalue weighted by Gasteiger charge is 2.01. The number of rotatable bonds is 7. The Morgan fingerprint density at radius 1 is 1.09 bits per heavy atom. The van der Waals surface area contributed by atoms with Gasteiger partial charge in [0.2, 0.25) is 0 Å². The largest absolute Gasteiger partial charge is 0.395 e. The molecule has 0 atom stereocenters. The van der Waals surface area contributed by atoms with Gasteiger partial charge in [0.25, 0.3) is 0 Å². The van der Waals surface area contributed by atoms with Crippen LogP contribution in [0.3, 0.4) is 0 Å². The van der Waals surface area contributed by atoms with Crippen LogP contribution in [-0.4, -0.2) is 61.7 Å². The second-order valence-corrected chi connectivity index (χ2v) is 2.28. The van der Waals surface area contributed by atoms with Gasteiger partial charge in [0, 0.05) is 26.7 Å². The highest BCUT2D eigenvalue weighted by Crippen LogP contribution is 1.85. The van der Waals surface area contributed by atoms with Crippen LogP contribution in [0.2, 0.25) is 0 Å². The van der Waals surface area contributed by atoms with Crippen molar-refractivity contribution < 1.29 is 14.9 Å². The second-order valence-electron chi connectivity index (χ2n) is 2.28. The summed E-state index contributed by atoms with van der Waals surface area (Å²) in [5, 5.41) is 17.2. The normalized spacial score (nSPS) is 10.9. The number of hydrogen-bond acceptors (Lipinski definition) is 4. The Kier molecular flexibility index (Phi) is 7.83. The van der Waals surface area contributed by atoms with Crippen LogP contribution in [0.4, 0.5) is 0 Å². The minimum absolute atomic E-state index is 0.129. The number of methoxy groups -OCH3 is 1. The Bertz CT molecular complexity index is 74.1. The van der Waals surface area contributed by atoms with E-state index >= 15 is 0 Å². The number of aliphatic hydroxyl groups excluding tert-OH is 2. The third-order valence-electron chi connectivity index (χ3n) is 1.44. The Labute approximate surface area is 67.4 Å². The van der Waals surface area contributed by atoms with Crippen LogP contribution in [0, 0.1) is 0 Å². The Morgan fingerprint density at radius 2 is 1.64 bits per heavy atom. The van der Waals surface area contributed by atoms with E-state index in [1.807, 2.05) is 4.90 Å². The molecule has 0 aliphatic heterocycles. The van der Waals surface area contributed by atoms with Crippen LogP contribution in [-0.2, 0) is 4.74 Å². The molecule has 0 bridgehead atoms. The lowest BCUT2D eigenvalue weighted by Gasteiger charge is -2.18. The maximum atomic E-state index is 8.60. The monoisotopic (exact) mass is 163 g/mol. The minimum Gasteiger partial charge on any atom is -0.395 e. The molecule has 68 valence electrons. The Morgan fingerprint density at radius 3 is 2.00 bits per heavy atom. The highest BCUT2D eigenvalue weighted by molar-refractivity contribution is 4.54. The van der Waals surface area contributed by atoms with Crippen molar-refractivity contribution in [1.29, 1.82) is 0 Å². The fraction of sp³-hybridized carbons (Fsp3) is 1.00. The van der Waals surface area contributed by atoms with E-state index in [2.05, 4.69) is 0 Å². The van der Waals surface area contributed by atoms with Gasteiger partial charge in [-0.15, -0.1) is 0 Å². The van der Waals surface area contributed by atoms with E-state index in [0.717, 1.165) is 6.54 Å². The number of nitrogens with zero attached hydrogens (tertiary/aromatic N) is 1. The lowest BCUT2D eigenvalue weighted by Crippen LogP contribution is -2.32. The molecule has 0 saturated carbocycles.